The van der Waals surface area contributed by atoms with Gasteiger partial charge in [-0.2, -0.15) is 0 Å². The summed E-state index contributed by atoms with van der Waals surface area (Å²) < 4.78 is 4.91. The number of hydrogen-bond acceptors (Lipinski definition) is 2. The molecule has 0 aromatic rings. The van der Waals surface area contributed by atoms with Crippen LogP contribution in [0.3, 0.4) is 0 Å². The summed E-state index contributed by atoms with van der Waals surface area (Å²) in [6.07, 6.45) is 4.71. The van der Waals surface area contributed by atoms with Crippen molar-refractivity contribution in [2.24, 2.45) is 0 Å². The molecule has 0 aliphatic heterocycles. The van der Waals surface area contributed by atoms with Crippen LogP contribution in [0.1, 0.15) is 25.7 Å². The van der Waals surface area contributed by atoms with E-state index in [1.807, 2.05) is 0 Å². The lowest BCUT2D eigenvalue weighted by Crippen LogP contribution is -1.98. The zero-order chi connectivity index (χ0) is 10.1. The molecule has 0 aromatic heterocycles. The number of carboxylic acid groups (broad SMARTS) is 1. The third-order valence-corrected chi connectivity index (χ3v) is 1.66. The summed E-state index contributed by atoms with van der Waals surface area (Å²) in [4.78, 5) is 10.3. The first-order valence-electron chi connectivity index (χ1n) is 4.32. The minimum atomic E-state index is -0.901. The van der Waals surface area contributed by atoms with Gasteiger partial charge in [-0.25, -0.2) is 4.79 Å². The number of ether oxygens (including phenoxy) is 1. The van der Waals surface area contributed by atoms with Crippen molar-refractivity contribution in [2.45, 2.75) is 25.7 Å². The summed E-state index contributed by atoms with van der Waals surface area (Å²) >= 11 is 0. The standard InChI is InChI=1S/C10H16O3/c1-3-13-8-6-4-5-7-9(2)10(11)12/h3H,1-2,4-8H2,(H,11,12). The molecule has 0 bridgehead atoms. The van der Waals surface area contributed by atoms with Crippen LogP contribution in [0.2, 0.25) is 0 Å². The molecule has 3 heteroatoms. The lowest BCUT2D eigenvalue weighted by atomic mass is 10.1. The Bertz CT molecular complexity index is 185. The highest BCUT2D eigenvalue weighted by Gasteiger charge is 2.02. The SMILES string of the molecule is C=COCCCCCC(=C)C(=O)O. The van der Waals surface area contributed by atoms with Gasteiger partial charge < -0.3 is 9.84 Å². The Morgan fingerprint density at radius 1 is 1.38 bits per heavy atom. The molecule has 0 saturated heterocycles. The third-order valence-electron chi connectivity index (χ3n) is 1.66. The topological polar surface area (TPSA) is 46.5 Å². The largest absolute Gasteiger partial charge is 0.502 e. The number of hydrogen-bond donors (Lipinski definition) is 1. The van der Waals surface area contributed by atoms with Crippen LogP contribution in [0.4, 0.5) is 0 Å². The maximum absolute atomic E-state index is 10.3. The minimum absolute atomic E-state index is 0.282. The smallest absolute Gasteiger partial charge is 0.330 e. The van der Waals surface area contributed by atoms with E-state index in [4.69, 9.17) is 9.84 Å². The van der Waals surface area contributed by atoms with Gasteiger partial charge in [-0.1, -0.05) is 13.2 Å². The zero-order valence-electron chi connectivity index (χ0n) is 7.79. The van der Waals surface area contributed by atoms with Crippen LogP contribution in [0.5, 0.6) is 0 Å². The second-order valence-corrected chi connectivity index (χ2v) is 2.76. The lowest BCUT2D eigenvalue weighted by molar-refractivity contribution is -0.132. The van der Waals surface area contributed by atoms with Crippen molar-refractivity contribution in [1.82, 2.24) is 0 Å². The summed E-state index contributed by atoms with van der Waals surface area (Å²) in [7, 11) is 0. The second-order valence-electron chi connectivity index (χ2n) is 2.76. The fourth-order valence-corrected chi connectivity index (χ4v) is 0.891. The summed E-state index contributed by atoms with van der Waals surface area (Å²) in [5.41, 5.74) is 0.282. The summed E-state index contributed by atoms with van der Waals surface area (Å²) in [5.74, 6) is -0.901. The molecule has 0 amide bonds. The van der Waals surface area contributed by atoms with E-state index in [1.165, 1.54) is 6.26 Å². The van der Waals surface area contributed by atoms with Gasteiger partial charge in [0.15, 0.2) is 0 Å². The van der Waals surface area contributed by atoms with Gasteiger partial charge in [0.05, 0.1) is 12.9 Å². The van der Waals surface area contributed by atoms with Crippen molar-refractivity contribution in [2.75, 3.05) is 6.61 Å². The molecule has 0 fully saturated rings. The third kappa shape index (κ3) is 7.12. The molecule has 0 heterocycles. The van der Waals surface area contributed by atoms with Crippen molar-refractivity contribution < 1.29 is 14.6 Å². The van der Waals surface area contributed by atoms with Gasteiger partial charge in [-0.05, 0) is 25.7 Å². The van der Waals surface area contributed by atoms with Crippen molar-refractivity contribution in [3.05, 3.63) is 25.0 Å². The molecule has 1 N–H and O–H groups in total. The monoisotopic (exact) mass is 184 g/mol. The fraction of sp³-hybridized carbons (Fsp3) is 0.500. The van der Waals surface area contributed by atoms with Crippen LogP contribution in [0.25, 0.3) is 0 Å². The van der Waals surface area contributed by atoms with Crippen molar-refractivity contribution in [3.63, 3.8) is 0 Å². The lowest BCUT2D eigenvalue weighted by Gasteiger charge is -2.01. The molecule has 0 aliphatic rings. The average molecular weight is 184 g/mol. The molecule has 0 radical (unpaired) electrons. The van der Waals surface area contributed by atoms with E-state index in [9.17, 15) is 4.79 Å². The molecular formula is C10H16O3. The maximum Gasteiger partial charge on any atom is 0.330 e. The second kappa shape index (κ2) is 7.40. The first kappa shape index (κ1) is 11.8. The number of carbonyl (C=O) groups is 1. The minimum Gasteiger partial charge on any atom is -0.502 e. The molecule has 0 aliphatic carbocycles. The highest BCUT2D eigenvalue weighted by atomic mass is 16.5. The van der Waals surface area contributed by atoms with E-state index in [2.05, 4.69) is 13.2 Å². The Balaban J connectivity index is 3.21. The van der Waals surface area contributed by atoms with Gasteiger partial charge in [0.1, 0.15) is 0 Å². The first-order chi connectivity index (χ1) is 6.18. The van der Waals surface area contributed by atoms with Crippen LogP contribution in [0.15, 0.2) is 25.0 Å². The fourth-order valence-electron chi connectivity index (χ4n) is 0.891. The average Bonchev–Trinajstić information content (AvgIpc) is 2.10. The predicted octanol–water partition coefficient (Wildman–Crippen LogP) is 2.35. The summed E-state index contributed by atoms with van der Waals surface area (Å²) in [6.45, 7) is 7.51. The van der Waals surface area contributed by atoms with E-state index in [-0.39, 0.29) is 5.57 Å². The van der Waals surface area contributed by atoms with Gasteiger partial charge in [-0.3, -0.25) is 0 Å². The summed E-state index contributed by atoms with van der Waals surface area (Å²) in [5, 5.41) is 8.49. The van der Waals surface area contributed by atoms with Gasteiger partial charge >= 0.3 is 5.97 Å². The molecule has 74 valence electrons. The highest BCUT2D eigenvalue weighted by molar-refractivity contribution is 5.85. The number of rotatable bonds is 8. The van der Waals surface area contributed by atoms with Crippen LogP contribution in [-0.2, 0) is 9.53 Å². The Morgan fingerprint density at radius 3 is 2.62 bits per heavy atom. The molecule has 0 spiro atoms. The quantitative estimate of drug-likeness (QED) is 0.358. The Morgan fingerprint density at radius 2 is 2.08 bits per heavy atom. The number of unbranched alkanes of at least 4 members (excludes halogenated alkanes) is 2. The van der Waals surface area contributed by atoms with E-state index < -0.39 is 5.97 Å². The number of carboxylic acids is 1. The summed E-state index contributed by atoms with van der Waals surface area (Å²) in [6, 6.07) is 0. The molecule has 3 nitrogen and oxygen atoms in total. The van der Waals surface area contributed by atoms with Crippen molar-refractivity contribution in [3.8, 4) is 0 Å². The molecule has 13 heavy (non-hydrogen) atoms. The van der Waals surface area contributed by atoms with Crippen LogP contribution >= 0.6 is 0 Å². The number of aliphatic carboxylic acids is 1. The van der Waals surface area contributed by atoms with E-state index >= 15 is 0 Å². The van der Waals surface area contributed by atoms with Gasteiger partial charge in [0.25, 0.3) is 0 Å². The molecule has 0 aromatic carbocycles. The van der Waals surface area contributed by atoms with Crippen molar-refractivity contribution in [1.29, 1.82) is 0 Å². The molecule has 0 unspecified atom stereocenters. The van der Waals surface area contributed by atoms with Gasteiger partial charge in [0.2, 0.25) is 0 Å². The van der Waals surface area contributed by atoms with E-state index in [1.54, 1.807) is 0 Å². The van der Waals surface area contributed by atoms with Crippen LogP contribution in [-0.4, -0.2) is 17.7 Å². The normalized spacial score (nSPS) is 9.23. The molecule has 0 atom stereocenters. The molecular weight excluding hydrogens is 168 g/mol. The first-order valence-corrected chi connectivity index (χ1v) is 4.32. The van der Waals surface area contributed by atoms with E-state index in [0.29, 0.717) is 13.0 Å². The van der Waals surface area contributed by atoms with E-state index in [0.717, 1.165) is 19.3 Å². The Hall–Kier alpha value is -1.25. The molecule has 0 saturated carbocycles. The van der Waals surface area contributed by atoms with Crippen LogP contribution < -0.4 is 0 Å². The van der Waals surface area contributed by atoms with Gasteiger partial charge in [-0.15, -0.1) is 0 Å². The molecule has 0 rings (SSSR count). The van der Waals surface area contributed by atoms with Crippen molar-refractivity contribution >= 4 is 5.97 Å². The Kier molecular flexibility index (Phi) is 6.69. The van der Waals surface area contributed by atoms with Gasteiger partial charge in [0, 0.05) is 5.57 Å². The zero-order valence-corrected chi connectivity index (χ0v) is 7.79. The maximum atomic E-state index is 10.3. The predicted molar refractivity (Wildman–Crippen MR) is 51.4 cm³/mol. The Labute approximate surface area is 78.7 Å². The highest BCUT2D eigenvalue weighted by Crippen LogP contribution is 2.07. The van der Waals surface area contributed by atoms with Crippen LogP contribution in [0, 0.1) is 0 Å².